The number of ether oxygens (including phenoxy) is 3. The molecule has 28 heavy (non-hydrogen) atoms. The summed E-state index contributed by atoms with van der Waals surface area (Å²) < 4.78 is 15.9. The van der Waals surface area contributed by atoms with Crippen LogP contribution in [0.1, 0.15) is 17.9 Å². The highest BCUT2D eigenvalue weighted by Crippen LogP contribution is 2.43. The van der Waals surface area contributed by atoms with Crippen LogP contribution < -0.4 is 14.4 Å². The number of nitrogens with zero attached hydrogens (tertiary/aromatic N) is 1. The smallest absolute Gasteiger partial charge is 0.336 e. The predicted octanol–water partition coefficient (Wildman–Crippen LogP) is 3.69. The third kappa shape index (κ3) is 2.99. The summed E-state index contributed by atoms with van der Waals surface area (Å²) in [7, 11) is 3.10. The average molecular weight is 400 g/mol. The third-order valence-corrected chi connectivity index (χ3v) is 5.26. The maximum Gasteiger partial charge on any atom is 0.336 e. The van der Waals surface area contributed by atoms with Gasteiger partial charge in [0.25, 0.3) is 0 Å². The number of amides is 1. The zero-order valence-electron chi connectivity index (χ0n) is 15.4. The van der Waals surface area contributed by atoms with E-state index in [4.69, 9.17) is 25.8 Å². The number of esters is 1. The minimum Gasteiger partial charge on any atom is -0.493 e. The van der Waals surface area contributed by atoms with Crippen molar-refractivity contribution in [2.75, 3.05) is 25.7 Å². The molecule has 0 bridgehead atoms. The lowest BCUT2D eigenvalue weighted by molar-refractivity contribution is -0.136. The molecule has 1 atom stereocenters. The molecule has 4 rings (SSSR count). The van der Waals surface area contributed by atoms with Crippen LogP contribution in [0, 0.1) is 0 Å². The summed E-state index contributed by atoms with van der Waals surface area (Å²) in [5.74, 6) is 0.210. The Hall–Kier alpha value is -2.99. The van der Waals surface area contributed by atoms with Gasteiger partial charge in [-0.25, -0.2) is 4.79 Å². The Labute approximate surface area is 167 Å². The fourth-order valence-corrected chi connectivity index (χ4v) is 3.82. The molecule has 144 valence electrons. The van der Waals surface area contributed by atoms with Gasteiger partial charge in [-0.1, -0.05) is 17.7 Å². The second kappa shape index (κ2) is 7.20. The highest BCUT2D eigenvalue weighted by molar-refractivity contribution is 6.30. The number of methoxy groups -OCH3 is 2. The first kappa shape index (κ1) is 18.4. The number of cyclic esters (lactones) is 1. The minimum absolute atomic E-state index is 0.0618. The van der Waals surface area contributed by atoms with Gasteiger partial charge in [-0.3, -0.25) is 9.69 Å². The van der Waals surface area contributed by atoms with Crippen molar-refractivity contribution in [1.82, 2.24) is 0 Å². The second-order valence-electron chi connectivity index (χ2n) is 6.51. The van der Waals surface area contributed by atoms with Crippen LogP contribution in [0.25, 0.3) is 0 Å². The SMILES string of the molecule is COc1ccc([C@@H]2CC(=O)N(c3ccc(Cl)cc3)C3=C2C(=O)OC3)cc1OC. The van der Waals surface area contributed by atoms with E-state index in [9.17, 15) is 9.59 Å². The Morgan fingerprint density at radius 1 is 1.04 bits per heavy atom. The van der Waals surface area contributed by atoms with Gasteiger partial charge < -0.3 is 14.2 Å². The number of carbonyl (C=O) groups excluding carboxylic acids is 2. The van der Waals surface area contributed by atoms with Gasteiger partial charge in [0.15, 0.2) is 11.5 Å². The number of hydrogen-bond donors (Lipinski definition) is 0. The van der Waals surface area contributed by atoms with Crippen LogP contribution in [0.3, 0.4) is 0 Å². The van der Waals surface area contributed by atoms with Gasteiger partial charge in [0.1, 0.15) is 6.61 Å². The van der Waals surface area contributed by atoms with Gasteiger partial charge in [0.05, 0.1) is 25.5 Å². The quantitative estimate of drug-likeness (QED) is 0.733. The summed E-state index contributed by atoms with van der Waals surface area (Å²) in [5.41, 5.74) is 2.53. The topological polar surface area (TPSA) is 65.1 Å². The van der Waals surface area contributed by atoms with E-state index < -0.39 is 11.9 Å². The van der Waals surface area contributed by atoms with Crippen LogP contribution in [0.5, 0.6) is 11.5 Å². The zero-order valence-corrected chi connectivity index (χ0v) is 16.2. The summed E-state index contributed by atoms with van der Waals surface area (Å²) in [5, 5.41) is 0.573. The summed E-state index contributed by atoms with van der Waals surface area (Å²) in [6.45, 7) is 0.0618. The van der Waals surface area contributed by atoms with Gasteiger partial charge in [0, 0.05) is 23.0 Å². The minimum atomic E-state index is -0.402. The molecule has 0 N–H and O–H groups in total. The van der Waals surface area contributed by atoms with Crippen LogP contribution in [-0.4, -0.2) is 32.7 Å². The van der Waals surface area contributed by atoms with Crippen molar-refractivity contribution in [3.05, 3.63) is 64.3 Å². The highest BCUT2D eigenvalue weighted by Gasteiger charge is 2.43. The Kier molecular flexibility index (Phi) is 4.73. The molecule has 6 nitrogen and oxygen atoms in total. The van der Waals surface area contributed by atoms with Crippen LogP contribution in [0.2, 0.25) is 5.02 Å². The molecule has 7 heteroatoms. The van der Waals surface area contributed by atoms with Crippen molar-refractivity contribution < 1.29 is 23.8 Å². The van der Waals surface area contributed by atoms with Crippen molar-refractivity contribution in [2.24, 2.45) is 0 Å². The standard InChI is InChI=1S/C21H18ClNO5/c1-26-17-8-3-12(9-18(17)27-2)15-10-19(24)23(14-6-4-13(22)5-7-14)16-11-28-21(25)20(15)16/h3-9,15H,10-11H2,1-2H3/t15-/m0/s1. The molecule has 0 radical (unpaired) electrons. The first-order valence-corrected chi connectivity index (χ1v) is 9.12. The molecule has 0 unspecified atom stereocenters. The van der Waals surface area contributed by atoms with E-state index in [-0.39, 0.29) is 18.9 Å². The summed E-state index contributed by atoms with van der Waals surface area (Å²) in [4.78, 5) is 27.1. The lowest BCUT2D eigenvalue weighted by Gasteiger charge is -2.32. The van der Waals surface area contributed by atoms with Gasteiger partial charge in [-0.15, -0.1) is 0 Å². The second-order valence-corrected chi connectivity index (χ2v) is 6.95. The van der Waals surface area contributed by atoms with Crippen molar-refractivity contribution in [2.45, 2.75) is 12.3 Å². The molecule has 2 aromatic carbocycles. The maximum atomic E-state index is 13.0. The van der Waals surface area contributed by atoms with Crippen molar-refractivity contribution in [3.63, 3.8) is 0 Å². The molecular weight excluding hydrogens is 382 g/mol. The number of carbonyl (C=O) groups is 2. The molecule has 2 aromatic rings. The largest absolute Gasteiger partial charge is 0.493 e. The Balaban J connectivity index is 1.80. The molecule has 0 saturated carbocycles. The molecule has 0 aromatic heterocycles. The number of rotatable bonds is 4. The lowest BCUT2D eigenvalue weighted by atomic mass is 9.84. The maximum absolute atomic E-state index is 13.0. The third-order valence-electron chi connectivity index (χ3n) is 5.01. The monoisotopic (exact) mass is 399 g/mol. The zero-order chi connectivity index (χ0) is 19.8. The predicted molar refractivity (Wildman–Crippen MR) is 104 cm³/mol. The molecule has 1 amide bonds. The van der Waals surface area contributed by atoms with Crippen LogP contribution in [0.15, 0.2) is 53.7 Å². The average Bonchev–Trinajstić information content (AvgIpc) is 3.09. The molecule has 0 aliphatic carbocycles. The van der Waals surface area contributed by atoms with Gasteiger partial charge in [-0.05, 0) is 42.0 Å². The summed E-state index contributed by atoms with van der Waals surface area (Å²) in [6.07, 6.45) is 0.145. The molecule has 0 saturated heterocycles. The van der Waals surface area contributed by atoms with Gasteiger partial charge >= 0.3 is 5.97 Å². The van der Waals surface area contributed by atoms with Crippen LogP contribution >= 0.6 is 11.6 Å². The first-order valence-electron chi connectivity index (χ1n) is 8.74. The highest BCUT2D eigenvalue weighted by atomic mass is 35.5. The van der Waals surface area contributed by atoms with E-state index in [2.05, 4.69) is 0 Å². The Bertz CT molecular complexity index is 983. The Morgan fingerprint density at radius 3 is 2.43 bits per heavy atom. The van der Waals surface area contributed by atoms with E-state index in [0.717, 1.165) is 5.56 Å². The van der Waals surface area contributed by atoms with Crippen LogP contribution in [0.4, 0.5) is 5.69 Å². The summed E-state index contributed by atoms with van der Waals surface area (Å²) >= 11 is 5.96. The van der Waals surface area contributed by atoms with E-state index >= 15 is 0 Å². The molecule has 2 aliphatic heterocycles. The van der Waals surface area contributed by atoms with E-state index in [1.807, 2.05) is 6.07 Å². The fourth-order valence-electron chi connectivity index (χ4n) is 3.70. The normalized spacial score (nSPS) is 18.8. The number of anilines is 1. The van der Waals surface area contributed by atoms with E-state index in [0.29, 0.717) is 33.5 Å². The number of halogens is 1. The van der Waals surface area contributed by atoms with Crippen molar-refractivity contribution in [3.8, 4) is 11.5 Å². The van der Waals surface area contributed by atoms with E-state index in [1.54, 1.807) is 55.5 Å². The fraction of sp³-hybridized carbons (Fsp3) is 0.238. The van der Waals surface area contributed by atoms with Gasteiger partial charge in [-0.2, -0.15) is 0 Å². The lowest BCUT2D eigenvalue weighted by Crippen LogP contribution is -2.37. The van der Waals surface area contributed by atoms with Gasteiger partial charge in [0.2, 0.25) is 5.91 Å². The van der Waals surface area contributed by atoms with Crippen molar-refractivity contribution >= 4 is 29.2 Å². The first-order chi connectivity index (χ1) is 13.5. The van der Waals surface area contributed by atoms with Crippen LogP contribution in [-0.2, 0) is 14.3 Å². The Morgan fingerprint density at radius 2 is 1.75 bits per heavy atom. The molecule has 2 heterocycles. The number of benzene rings is 2. The summed E-state index contributed by atoms with van der Waals surface area (Å²) in [6, 6.07) is 12.3. The van der Waals surface area contributed by atoms with E-state index in [1.165, 1.54) is 0 Å². The molecule has 0 fully saturated rings. The molecular formula is C21H18ClNO5. The van der Waals surface area contributed by atoms with Crippen molar-refractivity contribution in [1.29, 1.82) is 0 Å². The molecule has 2 aliphatic rings. The molecule has 0 spiro atoms. The number of hydrogen-bond acceptors (Lipinski definition) is 5.